The van der Waals surface area contributed by atoms with E-state index in [-0.39, 0.29) is 0 Å². The molecule has 0 aliphatic heterocycles. The summed E-state index contributed by atoms with van der Waals surface area (Å²) in [7, 11) is 0. The second-order valence-corrected chi connectivity index (χ2v) is 4.46. The number of hydrogen-bond acceptors (Lipinski definition) is 1. The molecule has 0 radical (unpaired) electrons. The number of nitrogens with one attached hydrogen (secondary N) is 2. The van der Waals surface area contributed by atoms with Crippen LogP contribution in [-0.4, -0.2) is 15.0 Å². The molecule has 2 N–H and O–H groups in total. The van der Waals surface area contributed by atoms with Crippen molar-refractivity contribution in [1.82, 2.24) is 15.0 Å². The molecule has 0 unspecified atom stereocenters. The Balaban J connectivity index is 0.000000117. The zero-order valence-corrected chi connectivity index (χ0v) is 10.7. The van der Waals surface area contributed by atoms with Crippen molar-refractivity contribution in [2.24, 2.45) is 0 Å². The molecule has 3 nitrogen and oxygen atoms in total. The summed E-state index contributed by atoms with van der Waals surface area (Å²) >= 11 is 0. The van der Waals surface area contributed by atoms with Crippen LogP contribution in [0.2, 0.25) is 0 Å². The predicted molar refractivity (Wildman–Crippen MR) is 79.1 cm³/mol. The quantitative estimate of drug-likeness (QED) is 0.485. The van der Waals surface area contributed by atoms with Crippen LogP contribution in [-0.2, 0) is 0 Å². The van der Waals surface area contributed by atoms with E-state index in [1.165, 1.54) is 16.6 Å². The summed E-state index contributed by atoms with van der Waals surface area (Å²) < 4.78 is 0. The molecule has 3 heteroatoms. The molecule has 0 fully saturated rings. The first-order chi connectivity index (χ1) is 9.33. The predicted octanol–water partition coefficient (Wildman–Crippen LogP) is 4.04. The zero-order valence-electron chi connectivity index (χ0n) is 10.7. The summed E-state index contributed by atoms with van der Waals surface area (Å²) in [4.78, 5) is 10.3. The lowest BCUT2D eigenvalue weighted by Gasteiger charge is -1.83. The fourth-order valence-electron chi connectivity index (χ4n) is 2.10. The maximum Gasteiger partial charge on any atom is 0.0931 e. The molecule has 4 aromatic rings. The number of imidazole rings is 1. The molecular formula is C16H15N3. The minimum absolute atomic E-state index is 1.03. The normalized spacial score (nSPS) is 10.4. The van der Waals surface area contributed by atoms with Gasteiger partial charge in [-0.05, 0) is 36.6 Å². The fourth-order valence-corrected chi connectivity index (χ4v) is 2.10. The molecule has 0 saturated heterocycles. The zero-order chi connectivity index (χ0) is 13.1. The van der Waals surface area contributed by atoms with Gasteiger partial charge in [0, 0.05) is 11.2 Å². The van der Waals surface area contributed by atoms with Gasteiger partial charge in [-0.3, -0.25) is 0 Å². The van der Waals surface area contributed by atoms with Crippen LogP contribution in [0.5, 0.6) is 0 Å². The maximum atomic E-state index is 4.06. The number of hydrogen-bond donors (Lipinski definition) is 2. The van der Waals surface area contributed by atoms with Gasteiger partial charge in [0.2, 0.25) is 0 Å². The first kappa shape index (κ1) is 11.5. The molecule has 0 amide bonds. The van der Waals surface area contributed by atoms with Crippen LogP contribution in [0.25, 0.3) is 21.9 Å². The fraction of sp³-hybridized carbons (Fsp3) is 0.0625. The second-order valence-electron chi connectivity index (χ2n) is 4.46. The Labute approximate surface area is 111 Å². The summed E-state index contributed by atoms with van der Waals surface area (Å²) in [5.74, 6) is 0. The van der Waals surface area contributed by atoms with Crippen LogP contribution in [0.3, 0.4) is 0 Å². The lowest BCUT2D eigenvalue weighted by atomic mass is 10.2. The maximum absolute atomic E-state index is 4.06. The summed E-state index contributed by atoms with van der Waals surface area (Å²) in [5.41, 5.74) is 4.57. The highest BCUT2D eigenvalue weighted by Gasteiger charge is 1.92. The molecular weight excluding hydrogens is 234 g/mol. The number of aromatic nitrogens is 3. The molecule has 0 saturated carbocycles. The highest BCUT2D eigenvalue weighted by atomic mass is 14.9. The van der Waals surface area contributed by atoms with Gasteiger partial charge < -0.3 is 9.97 Å². The van der Waals surface area contributed by atoms with Crippen molar-refractivity contribution in [3.8, 4) is 0 Å². The van der Waals surface area contributed by atoms with Crippen LogP contribution >= 0.6 is 0 Å². The highest BCUT2D eigenvalue weighted by molar-refractivity contribution is 5.80. The van der Waals surface area contributed by atoms with Crippen LogP contribution < -0.4 is 0 Å². The Kier molecular flexibility index (Phi) is 3.02. The molecule has 2 aromatic carbocycles. The van der Waals surface area contributed by atoms with Gasteiger partial charge in [0.25, 0.3) is 0 Å². The van der Waals surface area contributed by atoms with Crippen molar-refractivity contribution in [3.05, 3.63) is 66.6 Å². The van der Waals surface area contributed by atoms with Crippen molar-refractivity contribution in [1.29, 1.82) is 0 Å². The van der Waals surface area contributed by atoms with E-state index in [0.29, 0.717) is 0 Å². The number of aryl methyl sites for hydroxylation is 1. The summed E-state index contributed by atoms with van der Waals surface area (Å²) in [6.07, 6.45) is 1.70. The largest absolute Gasteiger partial charge is 0.359 e. The van der Waals surface area contributed by atoms with E-state index in [1.54, 1.807) is 6.33 Å². The Morgan fingerprint density at radius 3 is 2.42 bits per heavy atom. The molecule has 2 aromatic heterocycles. The smallest absolute Gasteiger partial charge is 0.0931 e. The highest BCUT2D eigenvalue weighted by Crippen LogP contribution is 2.12. The van der Waals surface area contributed by atoms with Gasteiger partial charge in [0.05, 0.1) is 17.4 Å². The van der Waals surface area contributed by atoms with Crippen molar-refractivity contribution >= 4 is 21.9 Å². The molecule has 94 valence electrons. The first-order valence-corrected chi connectivity index (χ1v) is 6.25. The molecule has 2 heterocycles. The van der Waals surface area contributed by atoms with Crippen LogP contribution in [0.15, 0.2) is 60.9 Å². The minimum Gasteiger partial charge on any atom is -0.359 e. The van der Waals surface area contributed by atoms with Crippen molar-refractivity contribution in [2.45, 2.75) is 6.92 Å². The van der Waals surface area contributed by atoms with E-state index >= 15 is 0 Å². The Hall–Kier alpha value is -2.55. The van der Waals surface area contributed by atoms with Crippen LogP contribution in [0, 0.1) is 6.92 Å². The third-order valence-corrected chi connectivity index (χ3v) is 2.99. The van der Waals surface area contributed by atoms with Gasteiger partial charge >= 0.3 is 0 Å². The lowest BCUT2D eigenvalue weighted by Crippen LogP contribution is -1.65. The number of aromatic amines is 2. The molecule has 0 aliphatic carbocycles. The van der Waals surface area contributed by atoms with Crippen LogP contribution in [0.1, 0.15) is 5.69 Å². The third-order valence-electron chi connectivity index (χ3n) is 2.99. The molecule has 0 atom stereocenters. The Morgan fingerprint density at radius 1 is 0.895 bits per heavy atom. The van der Waals surface area contributed by atoms with Gasteiger partial charge in [0.1, 0.15) is 0 Å². The van der Waals surface area contributed by atoms with E-state index in [2.05, 4.69) is 46.1 Å². The van der Waals surface area contributed by atoms with Gasteiger partial charge in [-0.25, -0.2) is 4.98 Å². The number of para-hydroxylation sites is 3. The van der Waals surface area contributed by atoms with Crippen molar-refractivity contribution < 1.29 is 0 Å². The van der Waals surface area contributed by atoms with Crippen LogP contribution in [0.4, 0.5) is 0 Å². The molecule has 0 aliphatic rings. The lowest BCUT2D eigenvalue weighted by molar-refractivity contribution is 1.30. The Morgan fingerprint density at radius 2 is 1.63 bits per heavy atom. The molecule has 0 spiro atoms. The summed E-state index contributed by atoms with van der Waals surface area (Å²) in [5, 5.41) is 1.29. The van der Waals surface area contributed by atoms with E-state index in [0.717, 1.165) is 11.0 Å². The standard InChI is InChI=1S/C9H9N.C7H6N2/c1-7-6-8-4-2-3-5-9(8)10-7;1-2-4-7-6(3-1)8-5-9-7/h2-6,10H,1H3;1-5H,(H,8,9). The van der Waals surface area contributed by atoms with E-state index < -0.39 is 0 Å². The number of rotatable bonds is 0. The van der Waals surface area contributed by atoms with Crippen molar-refractivity contribution in [2.75, 3.05) is 0 Å². The topological polar surface area (TPSA) is 44.5 Å². The number of H-pyrrole nitrogens is 2. The average Bonchev–Trinajstić information content (AvgIpc) is 3.03. The van der Waals surface area contributed by atoms with Gasteiger partial charge in [-0.15, -0.1) is 0 Å². The first-order valence-electron chi connectivity index (χ1n) is 6.25. The summed E-state index contributed by atoms with van der Waals surface area (Å²) in [6.45, 7) is 2.07. The molecule has 19 heavy (non-hydrogen) atoms. The second kappa shape index (κ2) is 4.98. The van der Waals surface area contributed by atoms with Gasteiger partial charge in [-0.1, -0.05) is 30.3 Å². The monoisotopic (exact) mass is 249 g/mol. The van der Waals surface area contributed by atoms with Crippen molar-refractivity contribution in [3.63, 3.8) is 0 Å². The molecule has 0 bridgehead atoms. The summed E-state index contributed by atoms with van der Waals surface area (Å²) in [6, 6.07) is 18.4. The van der Waals surface area contributed by atoms with E-state index in [9.17, 15) is 0 Å². The third kappa shape index (κ3) is 2.50. The van der Waals surface area contributed by atoms with E-state index in [4.69, 9.17) is 0 Å². The number of fused-ring (bicyclic) bond motifs is 2. The average molecular weight is 249 g/mol. The van der Waals surface area contributed by atoms with E-state index in [1.807, 2.05) is 30.3 Å². The number of benzene rings is 2. The Bertz CT molecular complexity index is 732. The van der Waals surface area contributed by atoms with Gasteiger partial charge in [0.15, 0.2) is 0 Å². The number of nitrogens with zero attached hydrogens (tertiary/aromatic N) is 1. The van der Waals surface area contributed by atoms with Gasteiger partial charge in [-0.2, -0.15) is 0 Å². The molecule has 4 rings (SSSR count). The minimum atomic E-state index is 1.03. The SMILES string of the molecule is Cc1cc2ccccc2[nH]1.c1ccc2[nH]cnc2c1.